The molecule has 6 nitrogen and oxygen atoms in total. The van der Waals surface area contributed by atoms with Crippen LogP contribution < -0.4 is 10.0 Å². The van der Waals surface area contributed by atoms with Crippen molar-refractivity contribution in [1.82, 2.24) is 14.9 Å². The third kappa shape index (κ3) is 3.83. The average Bonchev–Trinajstić information content (AvgIpc) is 2.88. The number of hydrogen-bond donors (Lipinski definition) is 3. The summed E-state index contributed by atoms with van der Waals surface area (Å²) in [7, 11) is -3.49. The number of anilines is 1. The minimum absolute atomic E-state index is 0.264. The molecule has 21 heavy (non-hydrogen) atoms. The average molecular weight is 308 g/mol. The van der Waals surface area contributed by atoms with E-state index in [1.807, 2.05) is 19.9 Å². The fourth-order valence-electron chi connectivity index (χ4n) is 1.91. The molecule has 1 heterocycles. The van der Waals surface area contributed by atoms with Gasteiger partial charge >= 0.3 is 0 Å². The van der Waals surface area contributed by atoms with Crippen molar-refractivity contribution >= 4 is 15.7 Å². The van der Waals surface area contributed by atoms with E-state index in [0.717, 1.165) is 17.7 Å². The van der Waals surface area contributed by atoms with Crippen molar-refractivity contribution in [3.63, 3.8) is 0 Å². The van der Waals surface area contributed by atoms with Gasteiger partial charge in [-0.2, -0.15) is 5.10 Å². The van der Waals surface area contributed by atoms with Crippen LogP contribution in [0, 0.1) is 6.92 Å². The summed E-state index contributed by atoms with van der Waals surface area (Å²) in [5.74, 6) is 0. The van der Waals surface area contributed by atoms with Crippen molar-refractivity contribution in [3.8, 4) is 0 Å². The molecule has 0 aliphatic carbocycles. The number of sulfonamides is 1. The van der Waals surface area contributed by atoms with Crippen LogP contribution in [-0.2, 0) is 16.6 Å². The summed E-state index contributed by atoms with van der Waals surface area (Å²) in [5, 5.41) is 9.97. The van der Waals surface area contributed by atoms with Gasteiger partial charge in [0.25, 0.3) is 0 Å². The van der Waals surface area contributed by atoms with Crippen LogP contribution in [0.2, 0.25) is 0 Å². The second kappa shape index (κ2) is 6.73. The van der Waals surface area contributed by atoms with E-state index >= 15 is 0 Å². The molecule has 2 aromatic rings. The van der Waals surface area contributed by atoms with Crippen LogP contribution in [0.5, 0.6) is 0 Å². The maximum absolute atomic E-state index is 12.3. The first-order valence-corrected chi connectivity index (χ1v) is 8.34. The molecule has 0 aliphatic heterocycles. The standard InChI is InChI=1S/C14H20N4O2S/c1-3-8-17-21(19,20)14-7-5-4-6-13(14)15-9-12-10-16-18-11(12)2/h4-7,10,15,17H,3,8-9H2,1-2H3,(H,16,18). The molecule has 0 fully saturated rings. The SMILES string of the molecule is CCCNS(=O)(=O)c1ccccc1NCc1cn[nH]c1C. The first kappa shape index (κ1) is 15.5. The first-order valence-electron chi connectivity index (χ1n) is 6.86. The minimum atomic E-state index is -3.49. The fourth-order valence-corrected chi connectivity index (χ4v) is 3.22. The van der Waals surface area contributed by atoms with Gasteiger partial charge in [-0.3, -0.25) is 5.10 Å². The highest BCUT2D eigenvalue weighted by molar-refractivity contribution is 7.89. The number of nitrogens with zero attached hydrogens (tertiary/aromatic N) is 1. The molecule has 0 aliphatic rings. The van der Waals surface area contributed by atoms with Crippen LogP contribution >= 0.6 is 0 Å². The molecule has 7 heteroatoms. The van der Waals surface area contributed by atoms with Crippen molar-refractivity contribution in [1.29, 1.82) is 0 Å². The van der Waals surface area contributed by atoms with Crippen molar-refractivity contribution in [2.45, 2.75) is 31.7 Å². The Bertz CT molecular complexity index is 695. The summed E-state index contributed by atoms with van der Waals surface area (Å²) >= 11 is 0. The van der Waals surface area contributed by atoms with Gasteiger partial charge in [0, 0.05) is 24.3 Å². The maximum Gasteiger partial charge on any atom is 0.242 e. The molecule has 1 aromatic heterocycles. The Labute approximate surface area is 125 Å². The van der Waals surface area contributed by atoms with Crippen molar-refractivity contribution < 1.29 is 8.42 Å². The Morgan fingerprint density at radius 1 is 1.29 bits per heavy atom. The number of aromatic nitrogens is 2. The molecule has 2 rings (SSSR count). The van der Waals surface area contributed by atoms with Crippen LogP contribution in [0.25, 0.3) is 0 Å². The summed E-state index contributed by atoms with van der Waals surface area (Å²) in [5.41, 5.74) is 2.55. The van der Waals surface area contributed by atoms with Gasteiger partial charge in [0.1, 0.15) is 4.90 Å². The number of para-hydroxylation sites is 1. The number of hydrogen-bond acceptors (Lipinski definition) is 4. The molecular formula is C14H20N4O2S. The van der Waals surface area contributed by atoms with Crippen LogP contribution in [0.4, 0.5) is 5.69 Å². The van der Waals surface area contributed by atoms with Crippen LogP contribution in [0.15, 0.2) is 35.4 Å². The van der Waals surface area contributed by atoms with Gasteiger partial charge in [0.2, 0.25) is 10.0 Å². The number of rotatable bonds is 7. The molecule has 0 unspecified atom stereocenters. The Kier molecular flexibility index (Phi) is 4.98. The van der Waals surface area contributed by atoms with Crippen molar-refractivity contribution in [2.24, 2.45) is 0 Å². The van der Waals surface area contributed by atoms with Crippen molar-refractivity contribution in [2.75, 3.05) is 11.9 Å². The highest BCUT2D eigenvalue weighted by Gasteiger charge is 2.17. The minimum Gasteiger partial charge on any atom is -0.380 e. The monoisotopic (exact) mass is 308 g/mol. The predicted octanol–water partition coefficient (Wildman–Crippen LogP) is 2.02. The normalized spacial score (nSPS) is 11.5. The van der Waals surface area contributed by atoms with E-state index in [1.54, 1.807) is 24.4 Å². The lowest BCUT2D eigenvalue weighted by Crippen LogP contribution is -2.25. The molecule has 1 aromatic carbocycles. The van der Waals surface area contributed by atoms with Gasteiger partial charge in [-0.15, -0.1) is 0 Å². The largest absolute Gasteiger partial charge is 0.380 e. The lowest BCUT2D eigenvalue weighted by molar-refractivity contribution is 0.581. The van der Waals surface area contributed by atoms with E-state index < -0.39 is 10.0 Å². The van der Waals surface area contributed by atoms with Crippen LogP contribution in [-0.4, -0.2) is 25.2 Å². The molecule has 114 valence electrons. The highest BCUT2D eigenvalue weighted by atomic mass is 32.2. The van der Waals surface area contributed by atoms with Gasteiger partial charge < -0.3 is 5.32 Å². The smallest absolute Gasteiger partial charge is 0.242 e. The zero-order valence-electron chi connectivity index (χ0n) is 12.2. The summed E-state index contributed by atoms with van der Waals surface area (Å²) < 4.78 is 27.1. The van der Waals surface area contributed by atoms with E-state index in [-0.39, 0.29) is 4.90 Å². The third-order valence-corrected chi connectivity index (χ3v) is 4.64. The molecule has 0 saturated carbocycles. The van der Waals surface area contributed by atoms with Crippen molar-refractivity contribution in [3.05, 3.63) is 41.7 Å². The molecule has 3 N–H and O–H groups in total. The topological polar surface area (TPSA) is 86.9 Å². The molecule has 0 amide bonds. The highest BCUT2D eigenvalue weighted by Crippen LogP contribution is 2.21. The summed E-state index contributed by atoms with van der Waals surface area (Å²) in [6.45, 7) is 4.80. The lowest BCUT2D eigenvalue weighted by Gasteiger charge is -2.12. The molecular weight excluding hydrogens is 288 g/mol. The van der Waals surface area contributed by atoms with E-state index in [9.17, 15) is 8.42 Å². The van der Waals surface area contributed by atoms with Gasteiger partial charge in [-0.1, -0.05) is 19.1 Å². The Balaban J connectivity index is 2.19. The van der Waals surface area contributed by atoms with E-state index in [0.29, 0.717) is 18.8 Å². The summed E-state index contributed by atoms with van der Waals surface area (Å²) in [4.78, 5) is 0.264. The molecule has 0 radical (unpaired) electrons. The van der Waals surface area contributed by atoms with Gasteiger partial charge in [-0.05, 0) is 25.5 Å². The van der Waals surface area contributed by atoms with Gasteiger partial charge in [-0.25, -0.2) is 13.1 Å². The Hall–Kier alpha value is -1.86. The van der Waals surface area contributed by atoms with Gasteiger partial charge in [0.05, 0.1) is 11.9 Å². The number of H-pyrrole nitrogens is 1. The maximum atomic E-state index is 12.3. The number of aryl methyl sites for hydroxylation is 1. The number of benzene rings is 1. The fraction of sp³-hybridized carbons (Fsp3) is 0.357. The van der Waals surface area contributed by atoms with E-state index in [1.165, 1.54) is 0 Å². The molecule has 0 spiro atoms. The zero-order valence-corrected chi connectivity index (χ0v) is 13.0. The Morgan fingerprint density at radius 3 is 2.71 bits per heavy atom. The second-order valence-corrected chi connectivity index (χ2v) is 6.50. The lowest BCUT2D eigenvalue weighted by atomic mass is 10.2. The van der Waals surface area contributed by atoms with E-state index in [2.05, 4.69) is 20.2 Å². The van der Waals surface area contributed by atoms with E-state index in [4.69, 9.17) is 0 Å². The van der Waals surface area contributed by atoms with Crippen LogP contribution in [0.1, 0.15) is 24.6 Å². The molecule has 0 atom stereocenters. The first-order chi connectivity index (χ1) is 10.0. The Morgan fingerprint density at radius 2 is 2.05 bits per heavy atom. The third-order valence-electron chi connectivity index (χ3n) is 3.12. The quantitative estimate of drug-likeness (QED) is 0.730. The summed E-state index contributed by atoms with van der Waals surface area (Å²) in [6, 6.07) is 6.89. The zero-order chi connectivity index (χ0) is 15.3. The second-order valence-electron chi connectivity index (χ2n) is 4.77. The molecule has 0 saturated heterocycles. The number of aromatic amines is 1. The van der Waals surface area contributed by atoms with Gasteiger partial charge in [0.15, 0.2) is 0 Å². The predicted molar refractivity (Wildman–Crippen MR) is 82.6 cm³/mol. The summed E-state index contributed by atoms with van der Waals surface area (Å²) in [6.07, 6.45) is 2.48. The number of nitrogens with one attached hydrogen (secondary N) is 3. The van der Waals surface area contributed by atoms with Crippen LogP contribution in [0.3, 0.4) is 0 Å². The molecule has 0 bridgehead atoms.